The number of aliphatic hydroxyl groups excluding tert-OH is 1. The van der Waals surface area contributed by atoms with Crippen molar-refractivity contribution in [3.05, 3.63) is 70.2 Å². The van der Waals surface area contributed by atoms with E-state index >= 15 is 0 Å². The topological polar surface area (TPSA) is 32.3 Å². The molecule has 2 N–H and O–H groups in total. The minimum atomic E-state index is 0.0660. The molecule has 0 aliphatic rings. The van der Waals surface area contributed by atoms with E-state index < -0.39 is 0 Å². The van der Waals surface area contributed by atoms with Crippen LogP contribution in [-0.2, 0) is 6.42 Å². The van der Waals surface area contributed by atoms with Crippen molar-refractivity contribution < 1.29 is 5.11 Å². The standard InChI is InChI=1S/C18H22BrNO/c1-2-18(15-9-6-10-16(19)12-15)20-17(13-21)11-14-7-4-3-5-8-14/h3-10,12,17-18,20-21H,2,11,13H2,1H3. The van der Waals surface area contributed by atoms with Gasteiger partial charge in [0.1, 0.15) is 0 Å². The molecular formula is C18H22BrNO. The van der Waals surface area contributed by atoms with E-state index in [0.717, 1.165) is 17.3 Å². The highest BCUT2D eigenvalue weighted by Gasteiger charge is 2.15. The molecule has 2 nitrogen and oxygen atoms in total. The summed E-state index contributed by atoms with van der Waals surface area (Å²) in [5.41, 5.74) is 2.49. The van der Waals surface area contributed by atoms with Gasteiger partial charge in [0, 0.05) is 16.6 Å². The first-order valence-electron chi connectivity index (χ1n) is 7.39. The second-order valence-electron chi connectivity index (χ2n) is 5.25. The average molecular weight is 348 g/mol. The van der Waals surface area contributed by atoms with Gasteiger partial charge in [0.2, 0.25) is 0 Å². The van der Waals surface area contributed by atoms with Crippen molar-refractivity contribution >= 4 is 15.9 Å². The number of hydrogen-bond acceptors (Lipinski definition) is 2. The Morgan fingerprint density at radius 3 is 2.48 bits per heavy atom. The highest BCUT2D eigenvalue weighted by Crippen LogP contribution is 2.21. The molecule has 0 heterocycles. The minimum absolute atomic E-state index is 0.0660. The fraction of sp³-hybridized carbons (Fsp3) is 0.333. The Kier molecular flexibility index (Phi) is 6.43. The highest BCUT2D eigenvalue weighted by atomic mass is 79.9. The summed E-state index contributed by atoms with van der Waals surface area (Å²) in [6.45, 7) is 2.30. The SMILES string of the molecule is CCC(NC(CO)Cc1ccccc1)c1cccc(Br)c1. The Bertz CT molecular complexity index is 544. The molecule has 21 heavy (non-hydrogen) atoms. The molecule has 0 fully saturated rings. The number of aliphatic hydroxyl groups is 1. The van der Waals surface area contributed by atoms with Gasteiger partial charge in [0.25, 0.3) is 0 Å². The van der Waals surface area contributed by atoms with Gasteiger partial charge in [-0.1, -0.05) is 65.3 Å². The predicted octanol–water partition coefficient (Wildman–Crippen LogP) is 4.09. The molecule has 2 aromatic rings. The fourth-order valence-electron chi connectivity index (χ4n) is 2.53. The van der Waals surface area contributed by atoms with E-state index in [1.54, 1.807) is 0 Å². The van der Waals surface area contributed by atoms with E-state index in [1.165, 1.54) is 11.1 Å². The van der Waals surface area contributed by atoms with Gasteiger partial charge in [-0.3, -0.25) is 0 Å². The van der Waals surface area contributed by atoms with Gasteiger partial charge >= 0.3 is 0 Å². The molecule has 0 aliphatic heterocycles. The van der Waals surface area contributed by atoms with Gasteiger partial charge in [0.15, 0.2) is 0 Å². The lowest BCUT2D eigenvalue weighted by atomic mass is 10.0. The second kappa shape index (κ2) is 8.32. The summed E-state index contributed by atoms with van der Waals surface area (Å²) in [4.78, 5) is 0. The van der Waals surface area contributed by atoms with E-state index in [1.807, 2.05) is 24.3 Å². The number of rotatable bonds is 7. The first-order chi connectivity index (χ1) is 10.2. The minimum Gasteiger partial charge on any atom is -0.395 e. The zero-order chi connectivity index (χ0) is 15.1. The van der Waals surface area contributed by atoms with Gasteiger partial charge < -0.3 is 10.4 Å². The third-order valence-electron chi connectivity index (χ3n) is 3.64. The predicted molar refractivity (Wildman–Crippen MR) is 91.3 cm³/mol. The van der Waals surface area contributed by atoms with Gasteiger partial charge in [-0.25, -0.2) is 0 Å². The van der Waals surface area contributed by atoms with Gasteiger partial charge in [0.05, 0.1) is 6.61 Å². The van der Waals surface area contributed by atoms with Crippen molar-refractivity contribution in [3.8, 4) is 0 Å². The number of nitrogens with one attached hydrogen (secondary N) is 1. The summed E-state index contributed by atoms with van der Waals surface area (Å²) in [6.07, 6.45) is 1.82. The summed E-state index contributed by atoms with van der Waals surface area (Å²) in [6, 6.07) is 19.0. The van der Waals surface area contributed by atoms with Crippen LogP contribution in [0.25, 0.3) is 0 Å². The highest BCUT2D eigenvalue weighted by molar-refractivity contribution is 9.10. The van der Waals surface area contributed by atoms with E-state index in [2.05, 4.69) is 58.5 Å². The summed E-state index contributed by atoms with van der Waals surface area (Å²) in [5.74, 6) is 0. The molecule has 2 atom stereocenters. The third-order valence-corrected chi connectivity index (χ3v) is 4.13. The maximum absolute atomic E-state index is 9.66. The normalized spacial score (nSPS) is 13.9. The van der Waals surface area contributed by atoms with Gasteiger partial charge in [-0.05, 0) is 36.1 Å². The van der Waals surface area contributed by atoms with Crippen LogP contribution in [0.5, 0.6) is 0 Å². The Morgan fingerprint density at radius 2 is 1.86 bits per heavy atom. The molecule has 2 unspecified atom stereocenters. The first-order valence-corrected chi connectivity index (χ1v) is 8.18. The fourth-order valence-corrected chi connectivity index (χ4v) is 2.95. The molecule has 0 amide bonds. The van der Waals surface area contributed by atoms with Crippen LogP contribution in [0.15, 0.2) is 59.1 Å². The van der Waals surface area contributed by atoms with Crippen LogP contribution in [0.4, 0.5) is 0 Å². The van der Waals surface area contributed by atoms with Gasteiger partial charge in [-0.2, -0.15) is 0 Å². The van der Waals surface area contributed by atoms with E-state index in [-0.39, 0.29) is 18.7 Å². The molecule has 0 radical (unpaired) electrons. The van der Waals surface area contributed by atoms with Crippen LogP contribution in [0.3, 0.4) is 0 Å². The molecule has 2 rings (SSSR count). The molecule has 3 heteroatoms. The van der Waals surface area contributed by atoms with E-state index in [4.69, 9.17) is 0 Å². The molecular weight excluding hydrogens is 326 g/mol. The largest absolute Gasteiger partial charge is 0.395 e. The van der Waals surface area contributed by atoms with Crippen molar-refractivity contribution in [2.24, 2.45) is 0 Å². The lowest BCUT2D eigenvalue weighted by Gasteiger charge is -2.24. The number of benzene rings is 2. The molecule has 112 valence electrons. The third kappa shape index (κ3) is 4.95. The Hall–Kier alpha value is -1.16. The van der Waals surface area contributed by atoms with Crippen LogP contribution in [0.1, 0.15) is 30.5 Å². The average Bonchev–Trinajstić information content (AvgIpc) is 2.52. The molecule has 0 spiro atoms. The smallest absolute Gasteiger partial charge is 0.0588 e. The van der Waals surface area contributed by atoms with E-state index in [9.17, 15) is 5.11 Å². The number of halogens is 1. The van der Waals surface area contributed by atoms with Crippen LogP contribution in [-0.4, -0.2) is 17.8 Å². The Morgan fingerprint density at radius 1 is 1.10 bits per heavy atom. The van der Waals surface area contributed by atoms with Crippen molar-refractivity contribution in [2.45, 2.75) is 31.8 Å². The summed E-state index contributed by atoms with van der Waals surface area (Å²) < 4.78 is 1.09. The molecule has 0 bridgehead atoms. The molecule has 0 aromatic heterocycles. The maximum atomic E-state index is 9.66. The number of hydrogen-bond donors (Lipinski definition) is 2. The lowest BCUT2D eigenvalue weighted by Crippen LogP contribution is -2.37. The quantitative estimate of drug-likeness (QED) is 0.790. The molecule has 0 saturated carbocycles. The van der Waals surface area contributed by atoms with Crippen molar-refractivity contribution in [1.82, 2.24) is 5.32 Å². The first kappa shape index (κ1) is 16.2. The zero-order valence-corrected chi connectivity index (χ0v) is 13.9. The molecule has 0 aliphatic carbocycles. The van der Waals surface area contributed by atoms with Crippen molar-refractivity contribution in [1.29, 1.82) is 0 Å². The second-order valence-corrected chi connectivity index (χ2v) is 6.17. The van der Waals surface area contributed by atoms with Crippen LogP contribution in [0.2, 0.25) is 0 Å². The van der Waals surface area contributed by atoms with Gasteiger partial charge in [-0.15, -0.1) is 0 Å². The molecule has 2 aromatic carbocycles. The van der Waals surface area contributed by atoms with Crippen molar-refractivity contribution in [3.63, 3.8) is 0 Å². The Balaban J connectivity index is 2.05. The summed E-state index contributed by atoms with van der Waals surface area (Å²) in [7, 11) is 0. The van der Waals surface area contributed by atoms with E-state index in [0.29, 0.717) is 0 Å². The summed E-state index contributed by atoms with van der Waals surface area (Å²) in [5, 5.41) is 13.2. The van der Waals surface area contributed by atoms with Crippen LogP contribution >= 0.6 is 15.9 Å². The zero-order valence-electron chi connectivity index (χ0n) is 12.3. The van der Waals surface area contributed by atoms with Crippen molar-refractivity contribution in [2.75, 3.05) is 6.61 Å². The summed E-state index contributed by atoms with van der Waals surface area (Å²) >= 11 is 3.52. The lowest BCUT2D eigenvalue weighted by molar-refractivity contribution is 0.229. The maximum Gasteiger partial charge on any atom is 0.0588 e. The monoisotopic (exact) mass is 347 g/mol. The Labute approximate surface area is 135 Å². The van der Waals surface area contributed by atoms with Crippen LogP contribution < -0.4 is 5.32 Å². The van der Waals surface area contributed by atoms with Crippen LogP contribution in [0, 0.1) is 0 Å². The molecule has 0 saturated heterocycles.